The lowest BCUT2D eigenvalue weighted by atomic mass is 10.2. The molecule has 0 spiro atoms. The van der Waals surface area contributed by atoms with Gasteiger partial charge >= 0.3 is 0 Å². The molecule has 0 unspecified atom stereocenters. The summed E-state index contributed by atoms with van der Waals surface area (Å²) in [6, 6.07) is 7.07. The average molecular weight is 406 g/mol. The number of aromatic nitrogens is 1. The second-order valence-electron chi connectivity index (χ2n) is 5.60. The average Bonchev–Trinajstić information content (AvgIpc) is 3.16. The smallest absolute Gasteiger partial charge is 0.283 e. The Balaban J connectivity index is 1.74. The van der Waals surface area contributed by atoms with Crippen molar-refractivity contribution < 1.29 is 9.72 Å². The fourth-order valence-corrected chi connectivity index (χ4v) is 5.06. The predicted molar refractivity (Wildman–Crippen MR) is 106 cm³/mol. The van der Waals surface area contributed by atoms with Crippen molar-refractivity contribution in [3.8, 4) is 0 Å². The lowest BCUT2D eigenvalue weighted by Gasteiger charge is -2.09. The molecule has 2 heterocycles. The van der Waals surface area contributed by atoms with E-state index in [1.807, 2.05) is 37.4 Å². The Bertz CT molecular complexity index is 994. The van der Waals surface area contributed by atoms with Crippen molar-refractivity contribution in [2.75, 3.05) is 5.32 Å². The maximum atomic E-state index is 12.4. The lowest BCUT2D eigenvalue weighted by molar-refractivity contribution is -0.385. The Morgan fingerprint density at radius 1 is 1.27 bits per heavy atom. The van der Waals surface area contributed by atoms with E-state index < -0.39 is 4.92 Å². The zero-order valence-electron chi connectivity index (χ0n) is 14.2. The molecule has 26 heavy (non-hydrogen) atoms. The number of amides is 1. The Kier molecular flexibility index (Phi) is 5.40. The van der Waals surface area contributed by atoms with Crippen LogP contribution in [0, 0.1) is 30.9 Å². The van der Waals surface area contributed by atoms with E-state index >= 15 is 0 Å². The first kappa shape index (κ1) is 18.6. The van der Waals surface area contributed by atoms with Gasteiger partial charge < -0.3 is 5.32 Å². The van der Waals surface area contributed by atoms with Gasteiger partial charge in [-0.1, -0.05) is 11.8 Å². The molecule has 2 aromatic heterocycles. The maximum absolute atomic E-state index is 12.4. The van der Waals surface area contributed by atoms with Crippen LogP contribution in [-0.4, -0.2) is 15.8 Å². The second kappa shape index (κ2) is 7.56. The summed E-state index contributed by atoms with van der Waals surface area (Å²) in [6.45, 7) is 5.51. The van der Waals surface area contributed by atoms with E-state index in [1.54, 1.807) is 30.0 Å². The highest BCUT2D eigenvalue weighted by molar-refractivity contribution is 8.01. The van der Waals surface area contributed by atoms with Crippen LogP contribution in [0.4, 0.5) is 11.4 Å². The van der Waals surface area contributed by atoms with E-state index in [4.69, 9.17) is 0 Å². The molecular formula is C17H15N3O3S3. The van der Waals surface area contributed by atoms with Crippen molar-refractivity contribution in [3.63, 3.8) is 0 Å². The predicted octanol–water partition coefficient (Wildman–Crippen LogP) is 5.44. The van der Waals surface area contributed by atoms with Gasteiger partial charge in [0, 0.05) is 27.7 Å². The zero-order valence-corrected chi connectivity index (χ0v) is 16.7. The SMILES string of the molecule is Cc1csc(Sc2ccc(NC(=O)c3cc([N+](=O)[O-])c(C)s3)c(C)c2)n1. The highest BCUT2D eigenvalue weighted by Crippen LogP contribution is 2.33. The van der Waals surface area contributed by atoms with Crippen molar-refractivity contribution >= 4 is 51.7 Å². The molecule has 0 aliphatic carbocycles. The molecule has 3 aromatic rings. The molecule has 134 valence electrons. The maximum Gasteiger partial charge on any atom is 0.283 e. The first-order valence-corrected chi connectivity index (χ1v) is 10.1. The van der Waals surface area contributed by atoms with Crippen LogP contribution in [0.25, 0.3) is 0 Å². The second-order valence-corrected chi connectivity index (χ2v) is 9.03. The molecular weight excluding hydrogens is 390 g/mol. The summed E-state index contributed by atoms with van der Waals surface area (Å²) in [5, 5.41) is 15.8. The number of aryl methyl sites for hydroxylation is 3. The van der Waals surface area contributed by atoms with Gasteiger partial charge in [-0.25, -0.2) is 4.98 Å². The molecule has 1 aromatic carbocycles. The number of hydrogen-bond acceptors (Lipinski definition) is 7. The Labute approximate surface area is 162 Å². The van der Waals surface area contributed by atoms with E-state index in [9.17, 15) is 14.9 Å². The van der Waals surface area contributed by atoms with Crippen LogP contribution in [0.3, 0.4) is 0 Å². The number of rotatable bonds is 5. The zero-order chi connectivity index (χ0) is 18.8. The summed E-state index contributed by atoms with van der Waals surface area (Å²) >= 11 is 4.29. The molecule has 6 nitrogen and oxygen atoms in total. The molecule has 1 N–H and O–H groups in total. The van der Waals surface area contributed by atoms with Gasteiger partial charge in [-0.3, -0.25) is 14.9 Å². The van der Waals surface area contributed by atoms with E-state index in [-0.39, 0.29) is 11.6 Å². The molecule has 0 fully saturated rings. The number of nitrogens with zero attached hydrogens (tertiary/aromatic N) is 2. The minimum atomic E-state index is -0.472. The summed E-state index contributed by atoms with van der Waals surface area (Å²) in [4.78, 5) is 29.2. The number of nitro groups is 1. The van der Waals surface area contributed by atoms with Crippen LogP contribution in [0.1, 0.15) is 25.8 Å². The van der Waals surface area contributed by atoms with Crippen LogP contribution in [-0.2, 0) is 0 Å². The third-order valence-corrected chi connectivity index (χ3v) is 6.65. The van der Waals surface area contributed by atoms with Crippen molar-refractivity contribution in [2.24, 2.45) is 0 Å². The van der Waals surface area contributed by atoms with Crippen LogP contribution >= 0.6 is 34.4 Å². The number of nitrogens with one attached hydrogen (secondary N) is 1. The number of benzene rings is 1. The number of hydrogen-bond donors (Lipinski definition) is 1. The molecule has 1 amide bonds. The Morgan fingerprint density at radius 2 is 2.04 bits per heavy atom. The van der Waals surface area contributed by atoms with Gasteiger partial charge in [0.15, 0.2) is 4.34 Å². The molecule has 0 saturated carbocycles. The Hall–Kier alpha value is -2.23. The van der Waals surface area contributed by atoms with Crippen molar-refractivity contribution in [1.82, 2.24) is 4.98 Å². The van der Waals surface area contributed by atoms with Gasteiger partial charge in [0.1, 0.15) is 0 Å². The number of thiophene rings is 1. The number of anilines is 1. The molecule has 0 aliphatic heterocycles. The standard InChI is InChI=1S/C17H15N3O3S3/c1-9-6-12(26-17-18-10(2)8-24-17)4-5-13(9)19-16(21)15-7-14(20(22)23)11(3)25-15/h4-8H,1-3H3,(H,19,21). The van der Waals surface area contributed by atoms with Gasteiger partial charge in [-0.15, -0.1) is 22.7 Å². The number of carbonyl (C=O) groups excluding carboxylic acids is 1. The molecule has 9 heteroatoms. The summed E-state index contributed by atoms with van der Waals surface area (Å²) in [6.07, 6.45) is 0. The van der Waals surface area contributed by atoms with Gasteiger partial charge in [0.05, 0.1) is 14.7 Å². The van der Waals surface area contributed by atoms with Crippen molar-refractivity contribution in [3.05, 3.63) is 60.8 Å². The monoisotopic (exact) mass is 405 g/mol. The van der Waals surface area contributed by atoms with Crippen LogP contribution in [0.2, 0.25) is 0 Å². The van der Waals surface area contributed by atoms with Crippen molar-refractivity contribution in [2.45, 2.75) is 30.0 Å². The highest BCUT2D eigenvalue weighted by atomic mass is 32.2. The van der Waals surface area contributed by atoms with Gasteiger partial charge in [0.2, 0.25) is 0 Å². The van der Waals surface area contributed by atoms with Crippen LogP contribution in [0.15, 0.2) is 38.9 Å². The number of thiazole rings is 1. The lowest BCUT2D eigenvalue weighted by Crippen LogP contribution is -2.11. The minimum Gasteiger partial charge on any atom is -0.321 e. The van der Waals surface area contributed by atoms with Crippen molar-refractivity contribution in [1.29, 1.82) is 0 Å². The third kappa shape index (κ3) is 4.12. The van der Waals surface area contributed by atoms with E-state index in [2.05, 4.69) is 10.3 Å². The van der Waals surface area contributed by atoms with E-state index in [0.29, 0.717) is 15.4 Å². The first-order valence-electron chi connectivity index (χ1n) is 7.60. The molecule has 0 bridgehead atoms. The van der Waals surface area contributed by atoms with E-state index in [0.717, 1.165) is 31.8 Å². The topological polar surface area (TPSA) is 85.1 Å². The third-order valence-electron chi connectivity index (χ3n) is 3.56. The minimum absolute atomic E-state index is 0.0256. The first-order chi connectivity index (χ1) is 12.3. The molecule has 0 aliphatic rings. The highest BCUT2D eigenvalue weighted by Gasteiger charge is 2.20. The molecule has 0 saturated heterocycles. The normalized spacial score (nSPS) is 10.7. The summed E-state index contributed by atoms with van der Waals surface area (Å²) in [5.41, 5.74) is 2.57. The molecule has 0 radical (unpaired) electrons. The number of carbonyl (C=O) groups is 1. The molecule has 3 rings (SSSR count). The fourth-order valence-electron chi connectivity index (χ4n) is 2.27. The Morgan fingerprint density at radius 3 is 2.62 bits per heavy atom. The van der Waals surface area contributed by atoms with Gasteiger partial charge in [-0.05, 0) is 44.5 Å². The fraction of sp³-hybridized carbons (Fsp3) is 0.176. The van der Waals surface area contributed by atoms with Crippen LogP contribution < -0.4 is 5.32 Å². The summed E-state index contributed by atoms with van der Waals surface area (Å²) in [7, 11) is 0. The van der Waals surface area contributed by atoms with Gasteiger partial charge in [0.25, 0.3) is 11.6 Å². The van der Waals surface area contributed by atoms with E-state index in [1.165, 1.54) is 6.07 Å². The van der Waals surface area contributed by atoms with Gasteiger partial charge in [-0.2, -0.15) is 0 Å². The summed E-state index contributed by atoms with van der Waals surface area (Å²) < 4.78 is 0.972. The molecule has 0 atom stereocenters. The van der Waals surface area contributed by atoms with Crippen LogP contribution in [0.5, 0.6) is 0 Å². The summed E-state index contributed by atoms with van der Waals surface area (Å²) in [5.74, 6) is -0.342. The largest absolute Gasteiger partial charge is 0.321 e. The quantitative estimate of drug-likeness (QED) is 0.451.